The van der Waals surface area contributed by atoms with Gasteiger partial charge in [0.1, 0.15) is 11.5 Å². The molecule has 20 heavy (non-hydrogen) atoms. The highest BCUT2D eigenvalue weighted by molar-refractivity contribution is 7.92. The maximum absolute atomic E-state index is 11.9. The van der Waals surface area contributed by atoms with Gasteiger partial charge in [0.15, 0.2) is 6.10 Å². The van der Waals surface area contributed by atoms with Crippen molar-refractivity contribution in [3.05, 3.63) is 24.3 Å². The quantitative estimate of drug-likeness (QED) is 0.743. The fourth-order valence-corrected chi connectivity index (χ4v) is 3.10. The number of sulfonamides is 1. The first kappa shape index (κ1) is 12.9. The standard InChI is InChI=1S/C12H12N2O5S/c1-20(16,17)14-7-11(8-6-12(15)19-13-8)18-10-5-3-2-4-9(10)14/h2-5,11H,6-7H2,1H3/t11-/m1/s1. The summed E-state index contributed by atoms with van der Waals surface area (Å²) in [6, 6.07) is 6.84. The molecule has 0 fully saturated rings. The van der Waals surface area contributed by atoms with Gasteiger partial charge in [-0.1, -0.05) is 17.3 Å². The van der Waals surface area contributed by atoms with Crippen molar-refractivity contribution in [2.45, 2.75) is 12.5 Å². The van der Waals surface area contributed by atoms with Gasteiger partial charge in [0.05, 0.1) is 24.9 Å². The lowest BCUT2D eigenvalue weighted by Gasteiger charge is -2.34. The zero-order valence-electron chi connectivity index (χ0n) is 10.6. The molecule has 0 aromatic heterocycles. The lowest BCUT2D eigenvalue weighted by molar-refractivity contribution is -0.140. The van der Waals surface area contributed by atoms with E-state index in [0.717, 1.165) is 6.26 Å². The van der Waals surface area contributed by atoms with Crippen LogP contribution < -0.4 is 9.04 Å². The Morgan fingerprint density at radius 2 is 2.10 bits per heavy atom. The van der Waals surface area contributed by atoms with E-state index in [1.807, 2.05) is 0 Å². The van der Waals surface area contributed by atoms with Crippen LogP contribution in [0.4, 0.5) is 5.69 Å². The Morgan fingerprint density at radius 3 is 2.75 bits per heavy atom. The highest BCUT2D eigenvalue weighted by atomic mass is 32.2. The Kier molecular flexibility index (Phi) is 2.89. The number of nitrogens with zero attached hydrogens (tertiary/aromatic N) is 2. The Labute approximate surface area is 115 Å². The van der Waals surface area contributed by atoms with Gasteiger partial charge in [-0.2, -0.15) is 0 Å². The summed E-state index contributed by atoms with van der Waals surface area (Å²) in [5.41, 5.74) is 0.884. The number of hydrogen-bond donors (Lipinski definition) is 0. The first-order valence-corrected chi connectivity index (χ1v) is 7.80. The van der Waals surface area contributed by atoms with Crippen molar-refractivity contribution in [1.82, 2.24) is 0 Å². The molecular weight excluding hydrogens is 284 g/mol. The van der Waals surface area contributed by atoms with Gasteiger partial charge in [-0.05, 0) is 12.1 Å². The molecule has 0 N–H and O–H groups in total. The molecule has 1 atom stereocenters. The van der Waals surface area contributed by atoms with Crippen LogP contribution in [0.15, 0.2) is 29.4 Å². The largest absolute Gasteiger partial charge is 0.480 e. The molecule has 0 spiro atoms. The van der Waals surface area contributed by atoms with E-state index in [-0.39, 0.29) is 13.0 Å². The molecule has 0 saturated carbocycles. The molecule has 0 amide bonds. The second-order valence-electron chi connectivity index (χ2n) is 4.59. The van der Waals surface area contributed by atoms with Crippen molar-refractivity contribution >= 4 is 27.4 Å². The summed E-state index contributed by atoms with van der Waals surface area (Å²) in [5.74, 6) is -0.0235. The number of carbonyl (C=O) groups excluding carboxylic acids is 1. The van der Waals surface area contributed by atoms with Gasteiger partial charge in [-0.15, -0.1) is 0 Å². The summed E-state index contributed by atoms with van der Waals surface area (Å²) < 4.78 is 30.8. The van der Waals surface area contributed by atoms with Gasteiger partial charge in [0, 0.05) is 0 Å². The van der Waals surface area contributed by atoms with Crippen LogP contribution in [-0.2, 0) is 19.7 Å². The molecule has 0 bridgehead atoms. The van der Waals surface area contributed by atoms with Gasteiger partial charge >= 0.3 is 5.97 Å². The zero-order chi connectivity index (χ0) is 14.3. The van der Waals surface area contributed by atoms with Crippen LogP contribution in [0, 0.1) is 0 Å². The molecule has 2 aliphatic heterocycles. The Hall–Kier alpha value is -2.09. The number of rotatable bonds is 2. The molecule has 2 heterocycles. The predicted molar refractivity (Wildman–Crippen MR) is 71.2 cm³/mol. The second-order valence-corrected chi connectivity index (χ2v) is 6.50. The third-order valence-corrected chi connectivity index (χ3v) is 4.24. The molecule has 7 nitrogen and oxygen atoms in total. The van der Waals surface area contributed by atoms with Gasteiger partial charge < -0.3 is 9.57 Å². The van der Waals surface area contributed by atoms with Crippen LogP contribution in [0.3, 0.4) is 0 Å². The third kappa shape index (κ3) is 2.22. The second kappa shape index (κ2) is 4.48. The van der Waals surface area contributed by atoms with Crippen molar-refractivity contribution in [1.29, 1.82) is 0 Å². The van der Waals surface area contributed by atoms with Crippen LogP contribution in [-0.4, -0.2) is 39.0 Å². The van der Waals surface area contributed by atoms with Crippen LogP contribution in [0.1, 0.15) is 6.42 Å². The van der Waals surface area contributed by atoms with Crippen LogP contribution >= 0.6 is 0 Å². The number of fused-ring (bicyclic) bond motifs is 1. The van der Waals surface area contributed by atoms with E-state index in [1.54, 1.807) is 24.3 Å². The number of ether oxygens (including phenoxy) is 1. The Morgan fingerprint density at radius 1 is 1.35 bits per heavy atom. The summed E-state index contributed by atoms with van der Waals surface area (Å²) in [7, 11) is -3.44. The number of carbonyl (C=O) groups is 1. The highest BCUT2D eigenvalue weighted by Crippen LogP contribution is 2.35. The lowest BCUT2D eigenvalue weighted by atomic mass is 10.1. The first-order valence-electron chi connectivity index (χ1n) is 5.95. The zero-order valence-corrected chi connectivity index (χ0v) is 11.5. The molecule has 3 rings (SSSR count). The Bertz CT molecular complexity index is 698. The average Bonchev–Trinajstić information content (AvgIpc) is 2.83. The highest BCUT2D eigenvalue weighted by Gasteiger charge is 2.36. The van der Waals surface area contributed by atoms with Gasteiger partial charge in [0.2, 0.25) is 10.0 Å². The number of benzene rings is 1. The summed E-state index contributed by atoms with van der Waals surface area (Å²) in [6.45, 7) is 0.0747. The molecule has 106 valence electrons. The average molecular weight is 296 g/mol. The minimum Gasteiger partial charge on any atom is -0.480 e. The summed E-state index contributed by atoms with van der Waals surface area (Å²) in [6.07, 6.45) is 0.528. The minimum absolute atomic E-state index is 0.0183. The fourth-order valence-electron chi connectivity index (χ4n) is 2.18. The molecule has 0 saturated heterocycles. The molecule has 0 radical (unpaired) electrons. The summed E-state index contributed by atoms with van der Waals surface area (Å²) >= 11 is 0. The molecule has 1 aromatic rings. The van der Waals surface area contributed by atoms with E-state index in [0.29, 0.717) is 17.1 Å². The minimum atomic E-state index is -3.44. The van der Waals surface area contributed by atoms with E-state index in [1.165, 1.54) is 4.31 Å². The lowest BCUT2D eigenvalue weighted by Crippen LogP contribution is -2.46. The van der Waals surface area contributed by atoms with Crippen LogP contribution in [0.2, 0.25) is 0 Å². The van der Waals surface area contributed by atoms with E-state index in [4.69, 9.17) is 4.74 Å². The maximum Gasteiger partial charge on any atom is 0.340 e. The molecule has 0 unspecified atom stereocenters. The Balaban J connectivity index is 1.99. The van der Waals surface area contributed by atoms with Crippen LogP contribution in [0.5, 0.6) is 5.75 Å². The predicted octanol–water partition coefficient (Wildman–Crippen LogP) is 0.516. The van der Waals surface area contributed by atoms with E-state index in [9.17, 15) is 13.2 Å². The summed E-state index contributed by atoms with van der Waals surface area (Å²) in [5, 5.41) is 3.65. The van der Waals surface area contributed by atoms with Crippen molar-refractivity contribution in [2.24, 2.45) is 5.16 Å². The third-order valence-electron chi connectivity index (χ3n) is 3.10. The first-order chi connectivity index (χ1) is 9.45. The van der Waals surface area contributed by atoms with E-state index < -0.39 is 22.1 Å². The molecule has 2 aliphatic rings. The van der Waals surface area contributed by atoms with Crippen molar-refractivity contribution in [3.8, 4) is 5.75 Å². The molecule has 8 heteroatoms. The van der Waals surface area contributed by atoms with Crippen molar-refractivity contribution in [3.63, 3.8) is 0 Å². The van der Waals surface area contributed by atoms with Crippen molar-refractivity contribution in [2.75, 3.05) is 17.1 Å². The van der Waals surface area contributed by atoms with Gasteiger partial charge in [-0.3, -0.25) is 4.31 Å². The summed E-state index contributed by atoms with van der Waals surface area (Å²) in [4.78, 5) is 15.6. The van der Waals surface area contributed by atoms with Crippen LogP contribution in [0.25, 0.3) is 0 Å². The smallest absolute Gasteiger partial charge is 0.340 e. The molecular formula is C12H12N2O5S. The van der Waals surface area contributed by atoms with Gasteiger partial charge in [0.25, 0.3) is 0 Å². The maximum atomic E-state index is 11.9. The topological polar surface area (TPSA) is 85.3 Å². The van der Waals surface area contributed by atoms with Crippen molar-refractivity contribution < 1.29 is 22.8 Å². The molecule has 1 aromatic carbocycles. The number of hydrogen-bond acceptors (Lipinski definition) is 6. The molecule has 0 aliphatic carbocycles. The monoisotopic (exact) mass is 296 g/mol. The fraction of sp³-hybridized carbons (Fsp3) is 0.333. The SMILES string of the molecule is CS(=O)(=O)N1C[C@H](C2=NOC(=O)C2)Oc2ccccc21. The number of anilines is 1. The van der Waals surface area contributed by atoms with E-state index in [2.05, 4.69) is 9.99 Å². The number of para-hydroxylation sites is 2. The van der Waals surface area contributed by atoms with Gasteiger partial charge in [-0.25, -0.2) is 13.2 Å². The number of oxime groups is 1. The normalized spacial score (nSPS) is 21.9. The van der Waals surface area contributed by atoms with E-state index >= 15 is 0 Å².